The average molecular weight is 353 g/mol. The van der Waals surface area contributed by atoms with Gasteiger partial charge >= 0.3 is 13.9 Å². The molecule has 0 aromatic heterocycles. The van der Waals surface area contributed by atoms with Crippen LogP contribution in [0.3, 0.4) is 0 Å². The van der Waals surface area contributed by atoms with E-state index < -0.39 is 13.9 Å². The number of rotatable bonds is 5. The van der Waals surface area contributed by atoms with E-state index >= 15 is 0 Å². The maximum atomic E-state index is 10.4. The van der Waals surface area contributed by atoms with Crippen molar-refractivity contribution >= 4 is 8.03 Å². The molecule has 2 N–H and O–H groups in total. The van der Waals surface area contributed by atoms with Gasteiger partial charge in [-0.2, -0.15) is 4.89 Å². The van der Waals surface area contributed by atoms with Gasteiger partial charge in [-0.15, -0.1) is 0 Å². The van der Waals surface area contributed by atoms with Gasteiger partial charge in [-0.25, -0.2) is 0 Å². The lowest BCUT2D eigenvalue weighted by atomic mass is 10.0. The van der Waals surface area contributed by atoms with Crippen LogP contribution in [0.1, 0.15) is 22.5 Å². The molecule has 0 aliphatic heterocycles. The number of aliphatic hydroxyl groups is 1. The molecule has 2 atom stereocenters. The zero-order valence-corrected chi connectivity index (χ0v) is 14.8. The first-order valence-corrected chi connectivity index (χ1v) is 9.41. The van der Waals surface area contributed by atoms with Crippen LogP contribution >= 0.6 is 8.03 Å². The number of hydrogen-bond acceptors (Lipinski definition) is 2. The lowest BCUT2D eigenvalue weighted by Crippen LogP contribution is -1.89. The van der Waals surface area contributed by atoms with E-state index in [1.165, 1.54) is 11.1 Å². The lowest BCUT2D eigenvalue weighted by Gasteiger charge is -2.01. The zero-order valence-electron chi connectivity index (χ0n) is 13.9. The van der Waals surface area contributed by atoms with E-state index in [9.17, 15) is 4.57 Å². The first-order chi connectivity index (χ1) is 12.2. The molecule has 0 aliphatic carbocycles. The summed E-state index contributed by atoms with van der Waals surface area (Å²) in [4.78, 5) is 8.53. The van der Waals surface area contributed by atoms with Crippen molar-refractivity contribution < 1.29 is 14.6 Å². The van der Waals surface area contributed by atoms with Crippen LogP contribution in [0, 0.1) is 0 Å². The fraction of sp³-hybridized carbons (Fsp3) is 0.143. The summed E-state index contributed by atoms with van der Waals surface area (Å²) in [6, 6.07) is 29.6. The minimum Gasteiger partial charge on any atom is -0.345 e. The molecule has 2 unspecified atom stereocenters. The molecule has 0 saturated carbocycles. The van der Waals surface area contributed by atoms with Crippen molar-refractivity contribution in [1.29, 1.82) is 0 Å². The highest BCUT2D eigenvalue weighted by Crippen LogP contribution is 2.34. The largest absolute Gasteiger partial charge is 0.542 e. The predicted octanol–water partition coefficient (Wildman–Crippen LogP) is 4.88. The van der Waals surface area contributed by atoms with Crippen LogP contribution in [-0.4, -0.2) is 10.00 Å². The molecule has 0 spiro atoms. The van der Waals surface area contributed by atoms with Crippen molar-refractivity contribution in [3.8, 4) is 0 Å². The molecule has 0 saturated heterocycles. The van der Waals surface area contributed by atoms with Crippen molar-refractivity contribution in [2.75, 3.05) is 0 Å². The molecule has 3 aromatic rings. The van der Waals surface area contributed by atoms with Gasteiger partial charge in [-0.05, 0) is 28.5 Å². The summed E-state index contributed by atoms with van der Waals surface area (Å²) >= 11 is 0. The minimum absolute atomic E-state index is 0.469. The molecule has 25 heavy (non-hydrogen) atoms. The van der Waals surface area contributed by atoms with Crippen LogP contribution in [0.5, 0.6) is 0 Å². The molecule has 0 heterocycles. The fourth-order valence-electron chi connectivity index (χ4n) is 2.33. The molecule has 0 aliphatic rings. The van der Waals surface area contributed by atoms with Gasteiger partial charge in [0.15, 0.2) is 0 Å². The summed E-state index contributed by atoms with van der Waals surface area (Å²) in [5, 5.41) is 9.06. The molecule has 0 amide bonds. The first kappa shape index (κ1) is 19.0. The molecular formula is C21H22O3P+. The number of aliphatic hydroxyl groups excluding tert-OH is 1. The Hall–Kier alpha value is -2.32. The maximum absolute atomic E-state index is 10.4. The standard InChI is InChI=1S/C14H14.C7H7O3P/c1-3-7-13(8-4-1)11-12-14-9-5-2-6-10-14;8-7(11(9)10)6-4-2-1-3-5-6/h1-10H,11-12H2;1-5,7-8H/p+1. The molecule has 0 radical (unpaired) electrons. The van der Waals surface area contributed by atoms with E-state index in [1.807, 2.05) is 0 Å². The molecule has 3 rings (SSSR count). The third-order valence-electron chi connectivity index (χ3n) is 3.69. The third-order valence-corrected chi connectivity index (χ3v) is 4.41. The van der Waals surface area contributed by atoms with E-state index in [0.29, 0.717) is 5.56 Å². The Morgan fingerprint density at radius 1 is 0.680 bits per heavy atom. The summed E-state index contributed by atoms with van der Waals surface area (Å²) in [5.74, 6) is -1.26. The second-order valence-electron chi connectivity index (χ2n) is 5.56. The third kappa shape index (κ3) is 6.98. The first-order valence-electron chi connectivity index (χ1n) is 8.13. The maximum Gasteiger partial charge on any atom is 0.542 e. The normalized spacial score (nSPS) is 11.8. The Balaban J connectivity index is 0.000000186. The van der Waals surface area contributed by atoms with Gasteiger partial charge in [0.05, 0.1) is 0 Å². The van der Waals surface area contributed by atoms with Gasteiger partial charge in [0.2, 0.25) is 0 Å². The SMILES string of the molecule is O=[P+](O)C(O)c1ccccc1.c1ccc(CCc2ccccc2)cc1. The molecule has 128 valence electrons. The highest BCUT2D eigenvalue weighted by Gasteiger charge is 2.27. The Bertz CT molecular complexity index is 706. The molecule has 0 bridgehead atoms. The van der Waals surface area contributed by atoms with E-state index in [1.54, 1.807) is 30.3 Å². The highest BCUT2D eigenvalue weighted by atomic mass is 31.1. The van der Waals surface area contributed by atoms with Gasteiger partial charge in [-0.1, -0.05) is 91.0 Å². The average Bonchev–Trinajstić information content (AvgIpc) is 2.68. The van der Waals surface area contributed by atoms with Gasteiger partial charge < -0.3 is 5.11 Å². The summed E-state index contributed by atoms with van der Waals surface area (Å²) in [5.41, 5.74) is 3.30. The second kappa shape index (κ2) is 10.5. The highest BCUT2D eigenvalue weighted by molar-refractivity contribution is 7.38. The van der Waals surface area contributed by atoms with Crippen LogP contribution in [0.2, 0.25) is 0 Å². The van der Waals surface area contributed by atoms with Crippen molar-refractivity contribution in [3.05, 3.63) is 108 Å². The van der Waals surface area contributed by atoms with Crippen LogP contribution in [0.15, 0.2) is 91.0 Å². The van der Waals surface area contributed by atoms with Gasteiger partial charge in [0.1, 0.15) is 0 Å². The van der Waals surface area contributed by atoms with E-state index in [-0.39, 0.29) is 0 Å². The summed E-state index contributed by atoms with van der Waals surface area (Å²) in [7, 11) is -2.53. The van der Waals surface area contributed by atoms with Crippen LogP contribution in [-0.2, 0) is 17.4 Å². The molecule has 3 nitrogen and oxygen atoms in total. The van der Waals surface area contributed by atoms with E-state index in [4.69, 9.17) is 10.00 Å². The monoisotopic (exact) mass is 353 g/mol. The van der Waals surface area contributed by atoms with Crippen LogP contribution in [0.25, 0.3) is 0 Å². The summed E-state index contributed by atoms with van der Waals surface area (Å²) in [6.45, 7) is 0. The van der Waals surface area contributed by atoms with Crippen molar-refractivity contribution in [1.82, 2.24) is 0 Å². The fourth-order valence-corrected chi connectivity index (χ4v) is 2.76. The van der Waals surface area contributed by atoms with Crippen molar-refractivity contribution in [2.24, 2.45) is 0 Å². The topological polar surface area (TPSA) is 57.5 Å². The minimum atomic E-state index is -2.53. The molecule has 0 fully saturated rings. The van der Waals surface area contributed by atoms with Gasteiger partial charge in [-0.3, -0.25) is 0 Å². The van der Waals surface area contributed by atoms with E-state index in [2.05, 4.69) is 60.7 Å². The quantitative estimate of drug-likeness (QED) is 0.643. The second-order valence-corrected chi connectivity index (χ2v) is 6.65. The van der Waals surface area contributed by atoms with Gasteiger partial charge in [0.25, 0.3) is 0 Å². The number of benzene rings is 3. The number of hydrogen-bond donors (Lipinski definition) is 2. The predicted molar refractivity (Wildman–Crippen MR) is 102 cm³/mol. The van der Waals surface area contributed by atoms with Crippen LogP contribution < -0.4 is 0 Å². The lowest BCUT2D eigenvalue weighted by molar-refractivity contribution is 0.243. The Morgan fingerprint density at radius 2 is 1.04 bits per heavy atom. The Labute approximate surface area is 149 Å². The van der Waals surface area contributed by atoms with Gasteiger partial charge in [0, 0.05) is 5.56 Å². The van der Waals surface area contributed by atoms with E-state index in [0.717, 1.165) is 12.8 Å². The molecule has 4 heteroatoms. The van der Waals surface area contributed by atoms with Crippen molar-refractivity contribution in [2.45, 2.75) is 18.7 Å². The van der Waals surface area contributed by atoms with Crippen LogP contribution in [0.4, 0.5) is 0 Å². The van der Waals surface area contributed by atoms with Crippen molar-refractivity contribution in [3.63, 3.8) is 0 Å². The Kier molecular flexibility index (Phi) is 8.00. The smallest absolute Gasteiger partial charge is 0.345 e. The Morgan fingerprint density at radius 3 is 1.40 bits per heavy atom. The number of aryl methyl sites for hydroxylation is 2. The molecular weight excluding hydrogens is 331 g/mol. The zero-order chi connectivity index (χ0) is 17.9. The summed E-state index contributed by atoms with van der Waals surface area (Å²) < 4.78 is 10.4. The molecule has 3 aromatic carbocycles. The summed E-state index contributed by atoms with van der Waals surface area (Å²) in [6.07, 6.45) is 2.26.